The minimum atomic E-state index is -0.725. The molecule has 0 aliphatic rings. The van der Waals surface area contributed by atoms with Gasteiger partial charge in [0.2, 0.25) is 0 Å². The van der Waals surface area contributed by atoms with Gasteiger partial charge in [-0.15, -0.1) is 0 Å². The zero-order valence-corrected chi connectivity index (χ0v) is 17.0. The molecule has 0 unspecified atom stereocenters. The van der Waals surface area contributed by atoms with Crippen molar-refractivity contribution in [3.63, 3.8) is 0 Å². The third kappa shape index (κ3) is 5.98. The van der Waals surface area contributed by atoms with Gasteiger partial charge in [0.25, 0.3) is 11.8 Å². The molecule has 3 rings (SSSR count). The first-order valence-corrected chi connectivity index (χ1v) is 9.56. The van der Waals surface area contributed by atoms with Crippen LogP contribution in [0.15, 0.2) is 72.8 Å². The number of benzene rings is 3. The minimum Gasteiger partial charge on any atom is -0.481 e. The second-order valence-electron chi connectivity index (χ2n) is 6.25. The van der Waals surface area contributed by atoms with Crippen LogP contribution in [0, 0.1) is 0 Å². The molecule has 3 aromatic carbocycles. The molecule has 148 valence electrons. The maximum atomic E-state index is 12.3. The summed E-state index contributed by atoms with van der Waals surface area (Å²) >= 11 is 11.8. The van der Waals surface area contributed by atoms with E-state index in [2.05, 4.69) is 10.6 Å². The Morgan fingerprint density at radius 3 is 2.17 bits per heavy atom. The highest BCUT2D eigenvalue weighted by Crippen LogP contribution is 2.19. The minimum absolute atomic E-state index is 0.271. The predicted molar refractivity (Wildman–Crippen MR) is 116 cm³/mol. The zero-order valence-electron chi connectivity index (χ0n) is 15.5. The van der Waals surface area contributed by atoms with Crippen LogP contribution in [-0.2, 0) is 4.79 Å². The molecule has 0 spiro atoms. The summed E-state index contributed by atoms with van der Waals surface area (Å²) in [7, 11) is 0. The summed E-state index contributed by atoms with van der Waals surface area (Å²) in [4.78, 5) is 24.6. The number of hydrogen-bond donors (Lipinski definition) is 2. The van der Waals surface area contributed by atoms with Crippen molar-refractivity contribution < 1.29 is 14.3 Å². The van der Waals surface area contributed by atoms with E-state index in [1.165, 1.54) is 0 Å². The van der Waals surface area contributed by atoms with Crippen LogP contribution >= 0.6 is 23.2 Å². The maximum Gasteiger partial charge on any atom is 0.265 e. The van der Waals surface area contributed by atoms with Crippen LogP contribution in [0.3, 0.4) is 0 Å². The summed E-state index contributed by atoms with van der Waals surface area (Å²) in [5.41, 5.74) is 1.69. The molecular formula is C22H18Cl2N2O3. The van der Waals surface area contributed by atoms with Crippen molar-refractivity contribution in [3.8, 4) is 5.75 Å². The van der Waals surface area contributed by atoms with E-state index in [-0.39, 0.29) is 11.8 Å². The highest BCUT2D eigenvalue weighted by molar-refractivity contribution is 6.31. The van der Waals surface area contributed by atoms with E-state index in [1.54, 1.807) is 79.7 Å². The van der Waals surface area contributed by atoms with E-state index in [0.29, 0.717) is 32.7 Å². The molecule has 0 fully saturated rings. The van der Waals surface area contributed by atoms with Gasteiger partial charge < -0.3 is 15.4 Å². The lowest BCUT2D eigenvalue weighted by atomic mass is 10.2. The van der Waals surface area contributed by atoms with Gasteiger partial charge in [-0.3, -0.25) is 9.59 Å². The molecule has 0 radical (unpaired) electrons. The van der Waals surface area contributed by atoms with E-state index >= 15 is 0 Å². The third-order valence-corrected chi connectivity index (χ3v) is 4.48. The van der Waals surface area contributed by atoms with Crippen LogP contribution in [0.5, 0.6) is 5.75 Å². The number of carbonyl (C=O) groups excluding carboxylic acids is 2. The smallest absolute Gasteiger partial charge is 0.265 e. The Morgan fingerprint density at radius 1 is 0.828 bits per heavy atom. The number of halogens is 2. The van der Waals surface area contributed by atoms with Crippen LogP contribution in [0.4, 0.5) is 11.4 Å². The largest absolute Gasteiger partial charge is 0.481 e. The molecule has 0 saturated heterocycles. The molecule has 0 aliphatic carbocycles. The molecule has 7 heteroatoms. The van der Waals surface area contributed by atoms with Gasteiger partial charge in [0.1, 0.15) is 5.75 Å². The molecule has 0 aliphatic heterocycles. The van der Waals surface area contributed by atoms with Crippen molar-refractivity contribution in [1.82, 2.24) is 0 Å². The summed E-state index contributed by atoms with van der Waals surface area (Å²) in [6, 6.07) is 20.2. The Bertz CT molecular complexity index is 1010. The van der Waals surface area contributed by atoms with Crippen molar-refractivity contribution in [3.05, 3.63) is 88.4 Å². The first-order valence-electron chi connectivity index (χ1n) is 8.81. The lowest BCUT2D eigenvalue weighted by Gasteiger charge is -2.15. The average molecular weight is 429 g/mol. The number of ether oxygens (including phenoxy) is 1. The summed E-state index contributed by atoms with van der Waals surface area (Å²) in [5.74, 6) is -0.0921. The molecule has 1 atom stereocenters. The first kappa shape index (κ1) is 20.7. The van der Waals surface area contributed by atoms with E-state index in [1.807, 2.05) is 0 Å². The van der Waals surface area contributed by atoms with Gasteiger partial charge in [-0.25, -0.2) is 0 Å². The first-order chi connectivity index (χ1) is 13.9. The van der Waals surface area contributed by atoms with Gasteiger partial charge >= 0.3 is 0 Å². The molecular weight excluding hydrogens is 411 g/mol. The fourth-order valence-electron chi connectivity index (χ4n) is 2.49. The van der Waals surface area contributed by atoms with Gasteiger partial charge in [-0.1, -0.05) is 29.3 Å². The number of rotatable bonds is 6. The Hall–Kier alpha value is -3.02. The normalized spacial score (nSPS) is 11.4. The van der Waals surface area contributed by atoms with E-state index < -0.39 is 6.10 Å². The maximum absolute atomic E-state index is 12.3. The second kappa shape index (κ2) is 9.45. The summed E-state index contributed by atoms with van der Waals surface area (Å²) < 4.78 is 5.65. The lowest BCUT2D eigenvalue weighted by molar-refractivity contribution is -0.122. The Balaban J connectivity index is 1.57. The molecule has 29 heavy (non-hydrogen) atoms. The van der Waals surface area contributed by atoms with Gasteiger partial charge in [0.15, 0.2) is 6.10 Å². The zero-order chi connectivity index (χ0) is 20.8. The summed E-state index contributed by atoms with van der Waals surface area (Å²) in [6.45, 7) is 1.64. The van der Waals surface area contributed by atoms with Crippen molar-refractivity contribution in [1.29, 1.82) is 0 Å². The standard InChI is InChI=1S/C22H18Cl2N2O3/c1-14(21(27)25-18-9-7-16(23)8-10-18)29-20-11-5-15(6-12-20)22(28)26-19-4-2-3-17(24)13-19/h2-14H,1H3,(H,25,27)(H,26,28)/t14-/m1/s1. The van der Waals surface area contributed by atoms with Gasteiger partial charge in [0.05, 0.1) is 0 Å². The molecule has 0 heterocycles. The van der Waals surface area contributed by atoms with E-state index in [0.717, 1.165) is 0 Å². The Kier molecular flexibility index (Phi) is 6.75. The lowest BCUT2D eigenvalue weighted by Crippen LogP contribution is -2.30. The number of carbonyl (C=O) groups is 2. The molecule has 2 amide bonds. The molecule has 0 aromatic heterocycles. The molecule has 3 aromatic rings. The van der Waals surface area contributed by atoms with Crippen LogP contribution < -0.4 is 15.4 Å². The van der Waals surface area contributed by atoms with Crippen LogP contribution in [0.2, 0.25) is 10.0 Å². The van der Waals surface area contributed by atoms with Crippen molar-refractivity contribution in [2.24, 2.45) is 0 Å². The molecule has 5 nitrogen and oxygen atoms in total. The van der Waals surface area contributed by atoms with Crippen molar-refractivity contribution >= 4 is 46.4 Å². The van der Waals surface area contributed by atoms with Gasteiger partial charge in [-0.2, -0.15) is 0 Å². The fourth-order valence-corrected chi connectivity index (χ4v) is 2.81. The molecule has 0 saturated carbocycles. The fraction of sp³-hybridized carbons (Fsp3) is 0.0909. The summed E-state index contributed by atoms with van der Waals surface area (Å²) in [5, 5.41) is 6.65. The highest BCUT2D eigenvalue weighted by atomic mass is 35.5. The number of anilines is 2. The van der Waals surface area contributed by atoms with Crippen LogP contribution in [0.25, 0.3) is 0 Å². The van der Waals surface area contributed by atoms with Crippen molar-refractivity contribution in [2.75, 3.05) is 10.6 Å². The van der Waals surface area contributed by atoms with Gasteiger partial charge in [-0.05, 0) is 73.7 Å². The molecule has 0 bridgehead atoms. The second-order valence-corrected chi connectivity index (χ2v) is 7.12. The van der Waals surface area contributed by atoms with Crippen LogP contribution in [0.1, 0.15) is 17.3 Å². The quantitative estimate of drug-likeness (QED) is 0.532. The highest BCUT2D eigenvalue weighted by Gasteiger charge is 2.15. The Labute approximate surface area is 178 Å². The topological polar surface area (TPSA) is 67.4 Å². The van der Waals surface area contributed by atoms with E-state index in [9.17, 15) is 9.59 Å². The number of hydrogen-bond acceptors (Lipinski definition) is 3. The van der Waals surface area contributed by atoms with Crippen LogP contribution in [-0.4, -0.2) is 17.9 Å². The van der Waals surface area contributed by atoms with Crippen molar-refractivity contribution in [2.45, 2.75) is 13.0 Å². The Morgan fingerprint density at radius 2 is 1.52 bits per heavy atom. The predicted octanol–water partition coefficient (Wildman–Crippen LogP) is 5.65. The molecule has 2 N–H and O–H groups in total. The monoisotopic (exact) mass is 428 g/mol. The SMILES string of the molecule is C[C@@H](Oc1ccc(C(=O)Nc2cccc(Cl)c2)cc1)C(=O)Nc1ccc(Cl)cc1. The van der Waals surface area contributed by atoms with Gasteiger partial charge in [0, 0.05) is 27.0 Å². The number of nitrogens with one attached hydrogen (secondary N) is 2. The number of amides is 2. The average Bonchev–Trinajstić information content (AvgIpc) is 2.70. The summed E-state index contributed by atoms with van der Waals surface area (Å²) in [6.07, 6.45) is -0.725. The third-order valence-electron chi connectivity index (χ3n) is 3.99. The van der Waals surface area contributed by atoms with E-state index in [4.69, 9.17) is 27.9 Å².